The fraction of sp³-hybridized carbons (Fsp3) is 0.143. The van der Waals surface area contributed by atoms with Crippen molar-refractivity contribution in [2.45, 2.75) is 12.7 Å². The quantitative estimate of drug-likeness (QED) is 0.654. The van der Waals surface area contributed by atoms with Crippen molar-refractivity contribution in [1.29, 1.82) is 0 Å². The van der Waals surface area contributed by atoms with Gasteiger partial charge in [0.2, 0.25) is 0 Å². The summed E-state index contributed by atoms with van der Waals surface area (Å²) in [5.74, 6) is -0.402. The molecule has 0 unspecified atom stereocenters. The maximum absolute atomic E-state index is 13.1. The molecule has 7 heteroatoms. The van der Waals surface area contributed by atoms with Gasteiger partial charge >= 0.3 is 6.18 Å². The average Bonchev–Trinajstić information content (AvgIpc) is 2.38. The first-order valence-electron chi connectivity index (χ1n) is 5.81. The van der Waals surface area contributed by atoms with Gasteiger partial charge in [-0.1, -0.05) is 17.7 Å². The molecule has 2 aromatic rings. The van der Waals surface area contributed by atoms with Crippen molar-refractivity contribution in [3.05, 3.63) is 62.8 Å². The van der Waals surface area contributed by atoms with Crippen LogP contribution >= 0.6 is 27.5 Å². The topological polar surface area (TPSA) is 12.0 Å². The van der Waals surface area contributed by atoms with Crippen LogP contribution in [0.25, 0.3) is 0 Å². The standard InChI is InChI=1S/C14H9BrClF4N/c15-12-3-8(1-2-13(12)17)7-21-11-5-9(14(18,19)20)4-10(16)6-11/h1-6,21H,7H2. The number of rotatable bonds is 3. The molecule has 112 valence electrons. The predicted molar refractivity (Wildman–Crippen MR) is 77.9 cm³/mol. The van der Waals surface area contributed by atoms with Crippen LogP contribution in [-0.4, -0.2) is 0 Å². The first-order valence-corrected chi connectivity index (χ1v) is 6.98. The molecule has 0 amide bonds. The van der Waals surface area contributed by atoms with Crippen molar-refractivity contribution in [1.82, 2.24) is 0 Å². The Kier molecular flexibility index (Phi) is 4.78. The lowest BCUT2D eigenvalue weighted by Crippen LogP contribution is -2.07. The number of hydrogen-bond donors (Lipinski definition) is 1. The molecule has 2 aromatic carbocycles. The third kappa shape index (κ3) is 4.35. The van der Waals surface area contributed by atoms with E-state index < -0.39 is 17.6 Å². The largest absolute Gasteiger partial charge is 0.416 e. The van der Waals surface area contributed by atoms with Gasteiger partial charge in [-0.05, 0) is 51.8 Å². The molecule has 1 nitrogen and oxygen atoms in total. The Labute approximate surface area is 132 Å². The molecule has 0 aliphatic rings. The van der Waals surface area contributed by atoms with Crippen LogP contribution < -0.4 is 5.32 Å². The molecule has 0 spiro atoms. The molecule has 0 aliphatic carbocycles. The second kappa shape index (κ2) is 6.23. The highest BCUT2D eigenvalue weighted by Crippen LogP contribution is 2.33. The van der Waals surface area contributed by atoms with Gasteiger partial charge < -0.3 is 5.32 Å². The van der Waals surface area contributed by atoms with Gasteiger partial charge in [0.25, 0.3) is 0 Å². The lowest BCUT2D eigenvalue weighted by Gasteiger charge is -2.12. The van der Waals surface area contributed by atoms with E-state index >= 15 is 0 Å². The Balaban J connectivity index is 2.16. The number of halogens is 6. The van der Waals surface area contributed by atoms with Gasteiger partial charge in [-0.3, -0.25) is 0 Å². The molecular weight excluding hydrogens is 374 g/mol. The SMILES string of the molecule is Fc1ccc(CNc2cc(Cl)cc(C(F)(F)F)c2)cc1Br. The zero-order valence-corrected chi connectivity index (χ0v) is 12.8. The summed E-state index contributed by atoms with van der Waals surface area (Å²) in [6, 6.07) is 7.61. The van der Waals surface area contributed by atoms with E-state index in [-0.39, 0.29) is 17.3 Å². The Hall–Kier alpha value is -1.27. The third-order valence-corrected chi connectivity index (χ3v) is 3.53. The van der Waals surface area contributed by atoms with Gasteiger partial charge in [0.1, 0.15) is 5.82 Å². The molecule has 0 fully saturated rings. The van der Waals surface area contributed by atoms with E-state index in [4.69, 9.17) is 11.6 Å². The fourth-order valence-corrected chi connectivity index (χ4v) is 2.37. The van der Waals surface area contributed by atoms with E-state index in [1.807, 2.05) is 0 Å². The first kappa shape index (κ1) is 16.1. The number of hydrogen-bond acceptors (Lipinski definition) is 1. The number of benzene rings is 2. The van der Waals surface area contributed by atoms with E-state index in [1.54, 1.807) is 12.1 Å². The number of nitrogens with one attached hydrogen (secondary N) is 1. The molecule has 1 N–H and O–H groups in total. The van der Waals surface area contributed by atoms with E-state index in [0.29, 0.717) is 4.47 Å². The minimum absolute atomic E-state index is 0.00684. The summed E-state index contributed by atoms with van der Waals surface area (Å²) in [7, 11) is 0. The van der Waals surface area contributed by atoms with Crippen molar-refractivity contribution in [3.63, 3.8) is 0 Å². The lowest BCUT2D eigenvalue weighted by molar-refractivity contribution is -0.137. The van der Waals surface area contributed by atoms with E-state index in [0.717, 1.165) is 17.7 Å². The molecule has 0 bridgehead atoms. The highest BCUT2D eigenvalue weighted by atomic mass is 79.9. The summed E-state index contributed by atoms with van der Waals surface area (Å²) in [4.78, 5) is 0. The minimum atomic E-state index is -4.46. The van der Waals surface area contributed by atoms with Crippen LogP contribution in [0.15, 0.2) is 40.9 Å². The Bertz CT molecular complexity index is 658. The zero-order chi connectivity index (χ0) is 15.6. The van der Waals surface area contributed by atoms with E-state index in [9.17, 15) is 17.6 Å². The van der Waals surface area contributed by atoms with Crippen LogP contribution in [0.2, 0.25) is 5.02 Å². The summed E-state index contributed by atoms with van der Waals surface area (Å²) >= 11 is 8.74. The summed E-state index contributed by atoms with van der Waals surface area (Å²) in [5.41, 5.74) is 0.143. The van der Waals surface area contributed by atoms with Crippen LogP contribution in [0.3, 0.4) is 0 Å². The molecule has 0 atom stereocenters. The van der Waals surface area contributed by atoms with Gasteiger partial charge in [-0.25, -0.2) is 4.39 Å². The maximum Gasteiger partial charge on any atom is 0.416 e. The summed E-state index contributed by atoms with van der Waals surface area (Å²) < 4.78 is 51.4. The average molecular weight is 383 g/mol. The predicted octanol–water partition coefficient (Wildman–Crippen LogP) is 5.87. The van der Waals surface area contributed by atoms with Gasteiger partial charge in [-0.15, -0.1) is 0 Å². The summed E-state index contributed by atoms with van der Waals surface area (Å²) in [5, 5.41) is 2.83. The molecule has 0 aromatic heterocycles. The summed E-state index contributed by atoms with van der Waals surface area (Å²) in [6.07, 6.45) is -4.46. The summed E-state index contributed by atoms with van der Waals surface area (Å²) in [6.45, 7) is 0.247. The highest BCUT2D eigenvalue weighted by Gasteiger charge is 2.31. The Morgan fingerprint density at radius 2 is 1.81 bits per heavy atom. The van der Waals surface area contributed by atoms with E-state index in [2.05, 4.69) is 21.2 Å². The Morgan fingerprint density at radius 1 is 1.10 bits per heavy atom. The van der Waals surface area contributed by atoms with Gasteiger partial charge in [0.15, 0.2) is 0 Å². The molecule has 0 saturated carbocycles. The normalized spacial score (nSPS) is 11.5. The molecule has 21 heavy (non-hydrogen) atoms. The van der Waals surface area contributed by atoms with Crippen molar-refractivity contribution in [2.24, 2.45) is 0 Å². The Morgan fingerprint density at radius 3 is 2.43 bits per heavy atom. The minimum Gasteiger partial charge on any atom is -0.381 e. The lowest BCUT2D eigenvalue weighted by atomic mass is 10.1. The van der Waals surface area contributed by atoms with Crippen LogP contribution in [-0.2, 0) is 12.7 Å². The molecule has 0 heterocycles. The molecule has 0 aliphatic heterocycles. The van der Waals surface area contributed by atoms with Crippen LogP contribution in [0.4, 0.5) is 23.2 Å². The van der Waals surface area contributed by atoms with Crippen molar-refractivity contribution in [3.8, 4) is 0 Å². The van der Waals surface area contributed by atoms with Crippen molar-refractivity contribution in [2.75, 3.05) is 5.32 Å². The number of alkyl halides is 3. The van der Waals surface area contributed by atoms with Gasteiger partial charge in [0, 0.05) is 17.3 Å². The number of anilines is 1. The zero-order valence-electron chi connectivity index (χ0n) is 10.4. The van der Waals surface area contributed by atoms with Crippen LogP contribution in [0.1, 0.15) is 11.1 Å². The first-order chi connectivity index (χ1) is 9.75. The second-order valence-corrected chi connectivity index (χ2v) is 5.62. The maximum atomic E-state index is 13.1. The molecule has 0 saturated heterocycles. The van der Waals surface area contributed by atoms with Crippen molar-refractivity contribution >= 4 is 33.2 Å². The fourth-order valence-electron chi connectivity index (χ4n) is 1.71. The smallest absolute Gasteiger partial charge is 0.381 e. The van der Waals surface area contributed by atoms with Crippen molar-refractivity contribution < 1.29 is 17.6 Å². The highest BCUT2D eigenvalue weighted by molar-refractivity contribution is 9.10. The second-order valence-electron chi connectivity index (χ2n) is 4.33. The molecule has 0 radical (unpaired) electrons. The van der Waals surface area contributed by atoms with Gasteiger partial charge in [-0.2, -0.15) is 13.2 Å². The third-order valence-electron chi connectivity index (χ3n) is 2.71. The molecular formula is C14H9BrClF4N. The monoisotopic (exact) mass is 381 g/mol. The van der Waals surface area contributed by atoms with Crippen LogP contribution in [0.5, 0.6) is 0 Å². The van der Waals surface area contributed by atoms with E-state index in [1.165, 1.54) is 12.1 Å². The van der Waals surface area contributed by atoms with Crippen LogP contribution in [0, 0.1) is 5.82 Å². The van der Waals surface area contributed by atoms with Gasteiger partial charge in [0.05, 0.1) is 10.0 Å². The molecule has 2 rings (SSSR count).